The van der Waals surface area contributed by atoms with Crippen LogP contribution in [0.4, 0.5) is 0 Å². The Morgan fingerprint density at radius 1 is 1.32 bits per heavy atom. The third kappa shape index (κ3) is 7.71. The molecule has 1 amide bonds. The fourth-order valence-corrected chi connectivity index (χ4v) is 2.63. The minimum atomic E-state index is -0.401. The van der Waals surface area contributed by atoms with Crippen molar-refractivity contribution in [3.8, 4) is 5.75 Å². The van der Waals surface area contributed by atoms with Crippen LogP contribution >= 0.6 is 12.6 Å². The maximum Gasteiger partial charge on any atom is 0.244 e. The van der Waals surface area contributed by atoms with E-state index in [-0.39, 0.29) is 11.7 Å². The average Bonchev–Trinajstić information content (AvgIpc) is 2.53. The number of hydroxylamine groups is 1. The summed E-state index contributed by atoms with van der Waals surface area (Å²) in [5.74, 6) is 0.560. The Balaban J connectivity index is 2.30. The van der Waals surface area contributed by atoms with Gasteiger partial charge in [0, 0.05) is 11.7 Å². The van der Waals surface area contributed by atoms with E-state index >= 15 is 0 Å². The SMILES string of the molecule is CCCCCc1ccccc1OCCCC(S)CC(=O)NO. The summed E-state index contributed by atoms with van der Waals surface area (Å²) in [5.41, 5.74) is 2.89. The van der Waals surface area contributed by atoms with Gasteiger partial charge in [0.15, 0.2) is 0 Å². The first kappa shape index (κ1) is 18.8. The van der Waals surface area contributed by atoms with Gasteiger partial charge in [-0.05, 0) is 37.3 Å². The quantitative estimate of drug-likeness (QED) is 0.251. The molecular formula is C17H27NO3S. The number of benzene rings is 1. The molecular weight excluding hydrogens is 298 g/mol. The van der Waals surface area contributed by atoms with Crippen LogP contribution in [0.5, 0.6) is 5.75 Å². The molecule has 0 radical (unpaired) electrons. The number of ether oxygens (including phenoxy) is 1. The van der Waals surface area contributed by atoms with Gasteiger partial charge in [0.1, 0.15) is 5.75 Å². The Bertz CT molecular complexity index is 440. The standard InChI is InChI=1S/C17H27NO3S/c1-2-3-4-8-14-9-5-6-11-16(14)21-12-7-10-15(22)13-17(19)18-20/h5-6,9,11,15,20,22H,2-4,7-8,10,12-13H2,1H3,(H,18,19). The minimum absolute atomic E-state index is 0.0597. The first-order chi connectivity index (χ1) is 10.7. The molecule has 0 aliphatic rings. The molecule has 0 aliphatic carbocycles. The van der Waals surface area contributed by atoms with E-state index in [0.717, 1.165) is 25.0 Å². The molecule has 0 aromatic heterocycles. The summed E-state index contributed by atoms with van der Waals surface area (Å²) in [6.45, 7) is 2.82. The lowest BCUT2D eigenvalue weighted by Crippen LogP contribution is -2.22. The number of thiol groups is 1. The first-order valence-corrected chi connectivity index (χ1v) is 8.50. The van der Waals surface area contributed by atoms with Gasteiger partial charge in [0.25, 0.3) is 0 Å². The summed E-state index contributed by atoms with van der Waals surface area (Å²) < 4.78 is 5.87. The van der Waals surface area contributed by atoms with Gasteiger partial charge in [-0.1, -0.05) is 38.0 Å². The molecule has 124 valence electrons. The van der Waals surface area contributed by atoms with E-state index in [2.05, 4.69) is 25.6 Å². The normalized spacial score (nSPS) is 12.0. The third-order valence-corrected chi connectivity index (χ3v) is 3.95. The summed E-state index contributed by atoms with van der Waals surface area (Å²) in [7, 11) is 0. The Kier molecular flexibility index (Phi) is 9.75. The number of nitrogens with one attached hydrogen (secondary N) is 1. The summed E-state index contributed by atoms with van der Waals surface area (Å²) in [4.78, 5) is 11.0. The Labute approximate surface area is 138 Å². The number of carbonyl (C=O) groups excluding carboxylic acids is 1. The van der Waals surface area contributed by atoms with Crippen LogP contribution < -0.4 is 10.2 Å². The average molecular weight is 325 g/mol. The van der Waals surface area contributed by atoms with Crippen molar-refractivity contribution in [1.82, 2.24) is 5.48 Å². The van der Waals surface area contributed by atoms with E-state index in [9.17, 15) is 4.79 Å². The van der Waals surface area contributed by atoms with Crippen molar-refractivity contribution in [2.45, 2.75) is 57.1 Å². The van der Waals surface area contributed by atoms with E-state index in [1.165, 1.54) is 24.8 Å². The Morgan fingerprint density at radius 2 is 2.09 bits per heavy atom. The zero-order valence-electron chi connectivity index (χ0n) is 13.3. The number of unbranched alkanes of at least 4 members (excludes halogenated alkanes) is 2. The molecule has 1 aromatic rings. The smallest absolute Gasteiger partial charge is 0.244 e. The summed E-state index contributed by atoms with van der Waals surface area (Å²) in [5, 5.41) is 8.41. The molecule has 4 nitrogen and oxygen atoms in total. The number of rotatable bonds is 11. The van der Waals surface area contributed by atoms with Crippen LogP contribution in [0, 0.1) is 0 Å². The van der Waals surface area contributed by atoms with Crippen LogP contribution in [0.15, 0.2) is 24.3 Å². The lowest BCUT2D eigenvalue weighted by atomic mass is 10.1. The number of amides is 1. The number of aryl methyl sites for hydroxylation is 1. The fraction of sp³-hybridized carbons (Fsp3) is 0.588. The highest BCUT2D eigenvalue weighted by Crippen LogP contribution is 2.21. The van der Waals surface area contributed by atoms with E-state index in [0.29, 0.717) is 6.61 Å². The molecule has 0 spiro atoms. The Morgan fingerprint density at radius 3 is 2.82 bits per heavy atom. The van der Waals surface area contributed by atoms with E-state index in [1.807, 2.05) is 18.2 Å². The van der Waals surface area contributed by atoms with E-state index in [4.69, 9.17) is 9.94 Å². The predicted molar refractivity (Wildman–Crippen MR) is 91.7 cm³/mol. The second-order valence-electron chi connectivity index (χ2n) is 5.45. The molecule has 22 heavy (non-hydrogen) atoms. The molecule has 0 saturated carbocycles. The number of hydrogen-bond donors (Lipinski definition) is 3. The molecule has 1 unspecified atom stereocenters. The van der Waals surface area contributed by atoms with Crippen LogP contribution in [0.25, 0.3) is 0 Å². The molecule has 0 saturated heterocycles. The zero-order chi connectivity index (χ0) is 16.2. The topological polar surface area (TPSA) is 58.6 Å². The second-order valence-corrected chi connectivity index (χ2v) is 6.18. The van der Waals surface area contributed by atoms with E-state index in [1.54, 1.807) is 5.48 Å². The largest absolute Gasteiger partial charge is 0.493 e. The molecule has 1 aromatic carbocycles. The van der Waals surface area contributed by atoms with Crippen LogP contribution in [0.1, 0.15) is 51.0 Å². The number of hydrogen-bond acceptors (Lipinski definition) is 4. The van der Waals surface area contributed by atoms with Gasteiger partial charge in [0.05, 0.1) is 6.61 Å². The molecule has 1 rings (SSSR count). The van der Waals surface area contributed by atoms with E-state index < -0.39 is 5.91 Å². The van der Waals surface area contributed by atoms with Crippen molar-refractivity contribution in [1.29, 1.82) is 0 Å². The van der Waals surface area contributed by atoms with Gasteiger partial charge >= 0.3 is 0 Å². The summed E-state index contributed by atoms with van der Waals surface area (Å²) in [6.07, 6.45) is 6.51. The molecule has 0 aliphatic heterocycles. The third-order valence-electron chi connectivity index (χ3n) is 3.51. The van der Waals surface area contributed by atoms with Gasteiger partial charge in [-0.15, -0.1) is 0 Å². The highest BCUT2D eigenvalue weighted by atomic mass is 32.1. The highest BCUT2D eigenvalue weighted by Gasteiger charge is 2.09. The maximum atomic E-state index is 11.0. The van der Waals surface area contributed by atoms with Gasteiger partial charge in [-0.2, -0.15) is 12.6 Å². The predicted octanol–water partition coefficient (Wildman–Crippen LogP) is 3.77. The minimum Gasteiger partial charge on any atom is -0.493 e. The van der Waals surface area contributed by atoms with Gasteiger partial charge < -0.3 is 4.74 Å². The second kappa shape index (κ2) is 11.4. The lowest BCUT2D eigenvalue weighted by molar-refractivity contribution is -0.129. The van der Waals surface area contributed by atoms with Crippen molar-refractivity contribution >= 4 is 18.5 Å². The van der Waals surface area contributed by atoms with Crippen molar-refractivity contribution < 1.29 is 14.7 Å². The fourth-order valence-electron chi connectivity index (χ4n) is 2.28. The van der Waals surface area contributed by atoms with Crippen molar-refractivity contribution in [2.24, 2.45) is 0 Å². The molecule has 0 heterocycles. The lowest BCUT2D eigenvalue weighted by Gasteiger charge is -2.13. The number of para-hydroxylation sites is 1. The van der Waals surface area contributed by atoms with Gasteiger partial charge in [-0.25, -0.2) is 5.48 Å². The summed E-state index contributed by atoms with van der Waals surface area (Å²) in [6, 6.07) is 8.17. The molecule has 1 atom stereocenters. The van der Waals surface area contributed by atoms with Crippen molar-refractivity contribution in [3.05, 3.63) is 29.8 Å². The van der Waals surface area contributed by atoms with Crippen molar-refractivity contribution in [2.75, 3.05) is 6.61 Å². The molecule has 0 bridgehead atoms. The van der Waals surface area contributed by atoms with Crippen LogP contribution in [-0.4, -0.2) is 23.0 Å². The monoisotopic (exact) mass is 325 g/mol. The Hall–Kier alpha value is -1.20. The maximum absolute atomic E-state index is 11.0. The molecule has 0 fully saturated rings. The molecule has 2 N–H and O–H groups in total. The zero-order valence-corrected chi connectivity index (χ0v) is 14.1. The van der Waals surface area contributed by atoms with Crippen LogP contribution in [0.3, 0.4) is 0 Å². The van der Waals surface area contributed by atoms with Crippen LogP contribution in [-0.2, 0) is 11.2 Å². The summed E-state index contributed by atoms with van der Waals surface area (Å²) >= 11 is 4.33. The van der Waals surface area contributed by atoms with Gasteiger partial charge in [0.2, 0.25) is 5.91 Å². The van der Waals surface area contributed by atoms with Crippen LogP contribution in [0.2, 0.25) is 0 Å². The first-order valence-electron chi connectivity index (χ1n) is 7.99. The number of carbonyl (C=O) groups is 1. The molecule has 5 heteroatoms. The highest BCUT2D eigenvalue weighted by molar-refractivity contribution is 7.81. The van der Waals surface area contributed by atoms with Crippen molar-refractivity contribution in [3.63, 3.8) is 0 Å². The van der Waals surface area contributed by atoms with Gasteiger partial charge in [-0.3, -0.25) is 10.0 Å².